The summed E-state index contributed by atoms with van der Waals surface area (Å²) in [6, 6.07) is 5.72. The third-order valence-electron chi connectivity index (χ3n) is 0.566. The molecule has 1 nitrogen and oxygen atoms in total. The van der Waals surface area contributed by atoms with Crippen LogP contribution in [0.1, 0.15) is 1.43 Å². The maximum Gasteiger partial charge on any atom is 1.00 e. The first-order valence-corrected chi connectivity index (χ1v) is 1.85. The smallest absolute Gasteiger partial charge is 1.00 e. The van der Waals surface area contributed by atoms with Crippen molar-refractivity contribution in [2.45, 2.75) is 0 Å². The van der Waals surface area contributed by atoms with Crippen LogP contribution in [0.15, 0.2) is 30.6 Å². The number of rotatable bonds is 0. The molecule has 0 aliphatic heterocycles. The van der Waals surface area contributed by atoms with Gasteiger partial charge in [0.05, 0.1) is 0 Å². The number of hydrogen-bond acceptors (Lipinski definition) is 1. The SMILES string of the molecule is [Br-].[Br-].[Br-].[H+].c1ccncc1. The van der Waals surface area contributed by atoms with Gasteiger partial charge in [-0.3, -0.25) is 4.98 Å². The van der Waals surface area contributed by atoms with Crippen molar-refractivity contribution in [3.63, 3.8) is 0 Å². The molecule has 9 heavy (non-hydrogen) atoms. The highest BCUT2D eigenvalue weighted by Crippen LogP contribution is 1.73. The maximum absolute atomic E-state index is 3.78. The predicted octanol–water partition coefficient (Wildman–Crippen LogP) is -7.79. The highest BCUT2D eigenvalue weighted by atomic mass is 79.9. The Balaban J connectivity index is -0.0000000450. The molecule has 0 unspecified atom stereocenters. The molecular weight excluding hydrogens is 314 g/mol. The summed E-state index contributed by atoms with van der Waals surface area (Å²) in [5.74, 6) is 0. The second-order valence-corrected chi connectivity index (χ2v) is 1.02. The number of nitrogens with zero attached hydrogens (tertiary/aromatic N) is 1. The second kappa shape index (κ2) is 11.4. The van der Waals surface area contributed by atoms with Crippen LogP contribution in [-0.4, -0.2) is 4.98 Å². The van der Waals surface area contributed by atoms with Crippen LogP contribution in [0, 0.1) is 0 Å². The summed E-state index contributed by atoms with van der Waals surface area (Å²) in [6.07, 6.45) is 3.50. The van der Waals surface area contributed by atoms with Gasteiger partial charge in [0.2, 0.25) is 0 Å². The standard InChI is InChI=1S/C5H5N.3BrH/c1-2-4-6-5-3-1;;;/h1-5H;3*1H/p-2. The molecule has 0 atom stereocenters. The van der Waals surface area contributed by atoms with Gasteiger partial charge in [0, 0.05) is 12.4 Å². The molecule has 0 aliphatic carbocycles. The van der Waals surface area contributed by atoms with Gasteiger partial charge in [-0.15, -0.1) is 0 Å². The predicted molar refractivity (Wildman–Crippen MR) is 25.3 cm³/mol. The van der Waals surface area contributed by atoms with Gasteiger partial charge < -0.3 is 50.9 Å². The summed E-state index contributed by atoms with van der Waals surface area (Å²) in [6.45, 7) is 0. The minimum absolute atomic E-state index is 0. The third-order valence-corrected chi connectivity index (χ3v) is 0.566. The number of aromatic nitrogens is 1. The maximum atomic E-state index is 3.78. The molecule has 1 rings (SSSR count). The number of hydrogen-bond donors (Lipinski definition) is 0. The minimum atomic E-state index is 0. The highest BCUT2D eigenvalue weighted by molar-refractivity contribution is 4.88. The Hall–Kier alpha value is 0.590. The van der Waals surface area contributed by atoms with Crippen LogP contribution in [0.25, 0.3) is 0 Å². The summed E-state index contributed by atoms with van der Waals surface area (Å²) in [5.41, 5.74) is 0. The Morgan fingerprint density at radius 1 is 0.778 bits per heavy atom. The molecule has 0 spiro atoms. The monoisotopic (exact) mass is 317 g/mol. The van der Waals surface area contributed by atoms with E-state index in [4.69, 9.17) is 0 Å². The fourth-order valence-corrected chi connectivity index (χ4v) is 0.313. The molecule has 0 aliphatic rings. The van der Waals surface area contributed by atoms with Crippen molar-refractivity contribution < 1.29 is 52.4 Å². The molecule has 1 aromatic heterocycles. The molecule has 1 heterocycles. The number of halogens is 3. The molecule has 0 saturated heterocycles. The fourth-order valence-electron chi connectivity index (χ4n) is 0.313. The molecule has 0 saturated carbocycles. The van der Waals surface area contributed by atoms with Gasteiger partial charge in [-0.1, -0.05) is 6.07 Å². The Morgan fingerprint density at radius 2 is 1.22 bits per heavy atom. The van der Waals surface area contributed by atoms with Crippen molar-refractivity contribution in [1.82, 2.24) is 4.98 Å². The third kappa shape index (κ3) is 8.59. The zero-order chi connectivity index (χ0) is 4.24. The minimum Gasteiger partial charge on any atom is -1.00 e. The summed E-state index contributed by atoms with van der Waals surface area (Å²) in [4.78, 5) is 3.78. The summed E-state index contributed by atoms with van der Waals surface area (Å²) in [7, 11) is 0. The molecular formula is C5H6Br3N-2. The van der Waals surface area contributed by atoms with Crippen molar-refractivity contribution >= 4 is 0 Å². The van der Waals surface area contributed by atoms with Gasteiger partial charge in [0.25, 0.3) is 0 Å². The van der Waals surface area contributed by atoms with E-state index in [1.807, 2.05) is 18.2 Å². The first-order chi connectivity index (χ1) is 3.00. The lowest BCUT2D eigenvalue weighted by Crippen LogP contribution is -3.00. The second-order valence-electron chi connectivity index (χ2n) is 1.02. The van der Waals surface area contributed by atoms with E-state index in [2.05, 4.69) is 4.98 Å². The summed E-state index contributed by atoms with van der Waals surface area (Å²) >= 11 is 0. The largest absolute Gasteiger partial charge is 1.00 e. The average molecular weight is 320 g/mol. The molecule has 0 fully saturated rings. The van der Waals surface area contributed by atoms with E-state index >= 15 is 0 Å². The molecule has 4 heteroatoms. The van der Waals surface area contributed by atoms with Gasteiger partial charge >= 0.3 is 1.43 Å². The topological polar surface area (TPSA) is 12.9 Å². The van der Waals surface area contributed by atoms with Crippen LogP contribution in [0.2, 0.25) is 0 Å². The van der Waals surface area contributed by atoms with Gasteiger partial charge in [-0.2, -0.15) is 0 Å². The normalized spacial score (nSPS) is 5.33. The molecule has 54 valence electrons. The van der Waals surface area contributed by atoms with Gasteiger partial charge in [-0.25, -0.2) is 0 Å². The van der Waals surface area contributed by atoms with Gasteiger partial charge in [0.1, 0.15) is 0 Å². The van der Waals surface area contributed by atoms with Gasteiger partial charge in [-0.05, 0) is 12.1 Å². The zero-order valence-corrected chi connectivity index (χ0v) is 9.23. The molecule has 0 bridgehead atoms. The summed E-state index contributed by atoms with van der Waals surface area (Å²) in [5, 5.41) is 0. The Morgan fingerprint density at radius 3 is 1.33 bits per heavy atom. The molecule has 0 aromatic carbocycles. The Bertz CT molecular complexity index is 88.8. The van der Waals surface area contributed by atoms with Crippen molar-refractivity contribution in [3.8, 4) is 0 Å². The lowest BCUT2D eigenvalue weighted by atomic mass is 10.5. The van der Waals surface area contributed by atoms with Crippen LogP contribution in [0.5, 0.6) is 0 Å². The van der Waals surface area contributed by atoms with E-state index in [-0.39, 0.29) is 52.4 Å². The van der Waals surface area contributed by atoms with Crippen molar-refractivity contribution in [2.75, 3.05) is 0 Å². The van der Waals surface area contributed by atoms with Crippen LogP contribution in [0.3, 0.4) is 0 Å². The Kier molecular flexibility index (Phi) is 20.6. The molecule has 1 aromatic rings. The van der Waals surface area contributed by atoms with Crippen LogP contribution in [-0.2, 0) is 0 Å². The first-order valence-electron chi connectivity index (χ1n) is 1.85. The van der Waals surface area contributed by atoms with Gasteiger partial charge in [0.15, 0.2) is 0 Å². The molecule has 0 amide bonds. The van der Waals surface area contributed by atoms with Crippen molar-refractivity contribution in [2.24, 2.45) is 0 Å². The molecule has 0 N–H and O–H groups in total. The summed E-state index contributed by atoms with van der Waals surface area (Å²) < 4.78 is 0. The van der Waals surface area contributed by atoms with E-state index in [1.165, 1.54) is 0 Å². The van der Waals surface area contributed by atoms with E-state index in [0.29, 0.717) is 0 Å². The highest BCUT2D eigenvalue weighted by Gasteiger charge is 1.58. The van der Waals surface area contributed by atoms with Crippen LogP contribution < -0.4 is 50.9 Å². The lowest BCUT2D eigenvalue weighted by Gasteiger charge is -1.70. The molecule has 0 radical (unpaired) electrons. The fraction of sp³-hybridized carbons (Fsp3) is 0. The van der Waals surface area contributed by atoms with Crippen LogP contribution in [0.4, 0.5) is 0 Å². The van der Waals surface area contributed by atoms with Crippen molar-refractivity contribution in [3.05, 3.63) is 30.6 Å². The van der Waals surface area contributed by atoms with E-state index in [9.17, 15) is 0 Å². The Labute approximate surface area is 87.7 Å². The first kappa shape index (κ1) is 16.3. The van der Waals surface area contributed by atoms with E-state index < -0.39 is 0 Å². The van der Waals surface area contributed by atoms with E-state index in [1.54, 1.807) is 12.4 Å². The quantitative estimate of drug-likeness (QED) is 0.463. The average Bonchev–Trinajstić information content (AvgIpc) is 1.72. The van der Waals surface area contributed by atoms with E-state index in [0.717, 1.165) is 0 Å². The lowest BCUT2D eigenvalue weighted by molar-refractivity contribution is -0.00100. The zero-order valence-electron chi connectivity index (χ0n) is 5.47. The van der Waals surface area contributed by atoms with Crippen LogP contribution >= 0.6 is 0 Å². The van der Waals surface area contributed by atoms with Crippen molar-refractivity contribution in [1.29, 1.82) is 0 Å². The number of pyridine rings is 1.